The molecule has 1 aromatic rings. The van der Waals surface area contributed by atoms with Crippen LogP contribution in [0.3, 0.4) is 0 Å². The fourth-order valence-corrected chi connectivity index (χ4v) is 2.74. The van der Waals surface area contributed by atoms with E-state index in [9.17, 15) is 0 Å². The van der Waals surface area contributed by atoms with Crippen LogP contribution in [0, 0.1) is 0 Å². The third kappa shape index (κ3) is 3.98. The summed E-state index contributed by atoms with van der Waals surface area (Å²) in [5.74, 6) is 0.953. The third-order valence-electron chi connectivity index (χ3n) is 3.67. The minimum atomic E-state index is 0.686. The first-order valence-corrected chi connectivity index (χ1v) is 8.62. The Balaban J connectivity index is 0.00000100. The van der Waals surface area contributed by atoms with Crippen LogP contribution in [0.25, 0.3) is 0 Å². The van der Waals surface area contributed by atoms with E-state index in [0.29, 0.717) is 5.02 Å². The van der Waals surface area contributed by atoms with E-state index in [2.05, 4.69) is 35.9 Å². The van der Waals surface area contributed by atoms with Gasteiger partial charge >= 0.3 is 0 Å². The number of nitrogens with one attached hydrogen (secondary N) is 1. The van der Waals surface area contributed by atoms with Crippen molar-refractivity contribution in [2.45, 2.75) is 20.8 Å². The molecular formula is C20H24ClN3. The van der Waals surface area contributed by atoms with Crippen LogP contribution < -0.4 is 5.32 Å². The van der Waals surface area contributed by atoms with E-state index < -0.39 is 0 Å². The molecule has 3 rings (SSSR count). The second kappa shape index (κ2) is 8.55. The number of fused-ring (bicyclic) bond motifs is 1. The van der Waals surface area contributed by atoms with Gasteiger partial charge in [0.1, 0.15) is 5.84 Å². The number of hydrogen-bond acceptors (Lipinski definition) is 3. The maximum absolute atomic E-state index is 6.13. The van der Waals surface area contributed by atoms with Gasteiger partial charge in [0.05, 0.1) is 11.4 Å². The summed E-state index contributed by atoms with van der Waals surface area (Å²) >= 11 is 6.13. The van der Waals surface area contributed by atoms with Crippen LogP contribution in [0.15, 0.2) is 71.4 Å². The van der Waals surface area contributed by atoms with Crippen LogP contribution in [0.1, 0.15) is 20.8 Å². The Kier molecular flexibility index (Phi) is 6.44. The Hall–Kier alpha value is -2.26. The highest BCUT2D eigenvalue weighted by Crippen LogP contribution is 2.34. The average Bonchev–Trinajstić information content (AvgIpc) is 3.08. The number of anilines is 1. The lowest BCUT2D eigenvalue weighted by molar-refractivity contribution is 0.541. The first kappa shape index (κ1) is 18.1. The van der Waals surface area contributed by atoms with E-state index in [-0.39, 0.29) is 0 Å². The first-order valence-electron chi connectivity index (χ1n) is 8.24. The number of allylic oxidation sites excluding steroid dienone is 3. The van der Waals surface area contributed by atoms with Gasteiger partial charge in [-0.2, -0.15) is 0 Å². The average molecular weight is 342 g/mol. The number of hydrogen-bond donors (Lipinski definition) is 1. The lowest BCUT2D eigenvalue weighted by Gasteiger charge is -2.21. The van der Waals surface area contributed by atoms with E-state index in [4.69, 9.17) is 16.6 Å². The molecule has 0 fully saturated rings. The third-order valence-corrected chi connectivity index (χ3v) is 3.91. The predicted octanol–water partition coefficient (Wildman–Crippen LogP) is 5.71. The SMILES string of the molecule is C=C/C=C\C1=C(C)Nc2ccc(Cl)cc2N=C1N1CC=CC1.CC. The van der Waals surface area contributed by atoms with Gasteiger partial charge in [0.15, 0.2) is 0 Å². The molecule has 3 nitrogen and oxygen atoms in total. The lowest BCUT2D eigenvalue weighted by Crippen LogP contribution is -2.30. The molecule has 0 amide bonds. The van der Waals surface area contributed by atoms with Crippen LogP contribution in [0.5, 0.6) is 0 Å². The molecule has 0 aromatic heterocycles. The minimum absolute atomic E-state index is 0.686. The van der Waals surface area contributed by atoms with E-state index in [1.54, 1.807) is 6.08 Å². The maximum atomic E-state index is 6.13. The normalized spacial score (nSPS) is 16.2. The molecule has 2 aliphatic heterocycles. The second-order valence-corrected chi connectivity index (χ2v) is 5.67. The van der Waals surface area contributed by atoms with Gasteiger partial charge in [-0.05, 0) is 31.2 Å². The standard InChI is InChI=1S/C18H18ClN3.C2H6/c1-3-4-7-15-13(2)20-16-9-8-14(19)12-17(16)21-18(15)22-10-5-6-11-22;1-2/h3-9,12,20H,1,10-11H2,2H3;1-2H3/b7-4-;. The smallest absolute Gasteiger partial charge is 0.138 e. The Bertz CT molecular complexity index is 718. The number of nitrogens with zero attached hydrogens (tertiary/aromatic N) is 2. The Morgan fingerprint density at radius 3 is 2.62 bits per heavy atom. The fraction of sp³-hybridized carbons (Fsp3) is 0.250. The van der Waals surface area contributed by atoms with Crippen molar-refractivity contribution in [1.82, 2.24) is 4.90 Å². The van der Waals surface area contributed by atoms with Crippen molar-refractivity contribution >= 4 is 28.8 Å². The topological polar surface area (TPSA) is 27.6 Å². The number of aliphatic imine (C=N–C) groups is 1. The molecule has 2 heterocycles. The highest BCUT2D eigenvalue weighted by Gasteiger charge is 2.21. The highest BCUT2D eigenvalue weighted by molar-refractivity contribution is 6.31. The molecule has 0 unspecified atom stereocenters. The van der Waals surface area contributed by atoms with Crippen molar-refractivity contribution in [3.05, 3.63) is 71.5 Å². The number of benzene rings is 1. The van der Waals surface area contributed by atoms with Crippen LogP contribution in [0.2, 0.25) is 5.02 Å². The minimum Gasteiger partial charge on any atom is -0.357 e. The van der Waals surface area contributed by atoms with Crippen molar-refractivity contribution in [3.63, 3.8) is 0 Å². The zero-order valence-corrected chi connectivity index (χ0v) is 15.3. The Labute approximate surface area is 149 Å². The summed E-state index contributed by atoms with van der Waals surface area (Å²) in [5, 5.41) is 4.12. The quantitative estimate of drug-likeness (QED) is 0.551. The van der Waals surface area contributed by atoms with Gasteiger partial charge in [-0.15, -0.1) is 0 Å². The molecule has 1 aromatic carbocycles. The van der Waals surface area contributed by atoms with Crippen molar-refractivity contribution in [2.24, 2.45) is 4.99 Å². The zero-order chi connectivity index (χ0) is 17.5. The largest absolute Gasteiger partial charge is 0.357 e. The monoisotopic (exact) mass is 341 g/mol. The van der Waals surface area contributed by atoms with E-state index in [1.807, 2.05) is 44.2 Å². The molecule has 0 atom stereocenters. The van der Waals surface area contributed by atoms with Crippen molar-refractivity contribution in [3.8, 4) is 0 Å². The molecule has 24 heavy (non-hydrogen) atoms. The summed E-state index contributed by atoms with van der Waals surface area (Å²) in [5.41, 5.74) is 3.95. The molecule has 126 valence electrons. The van der Waals surface area contributed by atoms with Crippen molar-refractivity contribution in [1.29, 1.82) is 0 Å². The second-order valence-electron chi connectivity index (χ2n) is 5.23. The molecule has 0 bridgehead atoms. The van der Waals surface area contributed by atoms with Gasteiger partial charge in [-0.1, -0.05) is 56.3 Å². The molecule has 0 spiro atoms. The Morgan fingerprint density at radius 2 is 1.96 bits per heavy atom. The molecule has 2 aliphatic rings. The highest BCUT2D eigenvalue weighted by atomic mass is 35.5. The van der Waals surface area contributed by atoms with Crippen molar-refractivity contribution < 1.29 is 0 Å². The van der Waals surface area contributed by atoms with Crippen LogP contribution in [-0.2, 0) is 0 Å². The van der Waals surface area contributed by atoms with Crippen LogP contribution in [-0.4, -0.2) is 23.8 Å². The summed E-state index contributed by atoms with van der Waals surface area (Å²) in [4.78, 5) is 7.12. The van der Waals surface area contributed by atoms with E-state index in [1.165, 1.54) is 0 Å². The number of halogens is 1. The summed E-state index contributed by atoms with van der Waals surface area (Å²) in [6, 6.07) is 5.73. The van der Waals surface area contributed by atoms with E-state index in [0.717, 1.165) is 41.6 Å². The van der Waals surface area contributed by atoms with Crippen molar-refractivity contribution in [2.75, 3.05) is 18.4 Å². The van der Waals surface area contributed by atoms with Crippen LogP contribution in [0.4, 0.5) is 11.4 Å². The summed E-state index contributed by atoms with van der Waals surface area (Å²) in [6.45, 7) is 11.6. The summed E-state index contributed by atoms with van der Waals surface area (Å²) in [7, 11) is 0. The van der Waals surface area contributed by atoms with Gasteiger partial charge in [-0.25, -0.2) is 4.99 Å². The first-order chi connectivity index (χ1) is 11.7. The predicted molar refractivity (Wildman–Crippen MR) is 106 cm³/mol. The van der Waals surface area contributed by atoms with Gasteiger partial charge in [0, 0.05) is 29.4 Å². The van der Waals surface area contributed by atoms with Gasteiger partial charge in [0.25, 0.3) is 0 Å². The number of amidine groups is 1. The molecular weight excluding hydrogens is 318 g/mol. The van der Waals surface area contributed by atoms with Gasteiger partial charge < -0.3 is 10.2 Å². The number of rotatable bonds is 2. The van der Waals surface area contributed by atoms with Crippen LogP contribution >= 0.6 is 11.6 Å². The van der Waals surface area contributed by atoms with Gasteiger partial charge in [0.2, 0.25) is 0 Å². The molecule has 0 aliphatic carbocycles. The Morgan fingerprint density at radius 1 is 1.25 bits per heavy atom. The van der Waals surface area contributed by atoms with Gasteiger partial charge in [-0.3, -0.25) is 0 Å². The lowest BCUT2D eigenvalue weighted by atomic mass is 10.1. The molecule has 0 radical (unpaired) electrons. The maximum Gasteiger partial charge on any atom is 0.138 e. The molecule has 4 heteroatoms. The molecule has 0 saturated carbocycles. The molecule has 0 saturated heterocycles. The summed E-state index contributed by atoms with van der Waals surface area (Å²) < 4.78 is 0. The summed E-state index contributed by atoms with van der Waals surface area (Å²) in [6.07, 6.45) is 10.1. The fourth-order valence-electron chi connectivity index (χ4n) is 2.57. The zero-order valence-electron chi connectivity index (χ0n) is 14.5. The molecule has 1 N–H and O–H groups in total. The van der Waals surface area contributed by atoms with E-state index >= 15 is 0 Å².